The van der Waals surface area contributed by atoms with Crippen molar-refractivity contribution in [1.29, 1.82) is 0 Å². The molecule has 0 bridgehead atoms. The van der Waals surface area contributed by atoms with E-state index in [0.717, 1.165) is 29.0 Å². The summed E-state index contributed by atoms with van der Waals surface area (Å²) in [5.74, 6) is -0.844. The van der Waals surface area contributed by atoms with E-state index in [2.05, 4.69) is 5.32 Å². The van der Waals surface area contributed by atoms with E-state index in [1.807, 2.05) is 43.3 Å². The van der Waals surface area contributed by atoms with Gasteiger partial charge in [-0.2, -0.15) is 0 Å². The van der Waals surface area contributed by atoms with Crippen LogP contribution in [0.4, 0.5) is 5.69 Å². The zero-order valence-electron chi connectivity index (χ0n) is 22.0. The maximum Gasteiger partial charge on any atom is 0.244 e. The number of nitrogens with zero attached hydrogens (tertiary/aromatic N) is 2. The normalized spacial score (nSPS) is 12.0. The van der Waals surface area contributed by atoms with Gasteiger partial charge in [-0.15, -0.1) is 0 Å². The number of nitrogens with one attached hydrogen (secondary N) is 1. The topological polar surface area (TPSA) is 86.8 Å². The van der Waals surface area contributed by atoms with Crippen molar-refractivity contribution in [3.8, 4) is 0 Å². The first kappa shape index (κ1) is 30.5. The van der Waals surface area contributed by atoms with Crippen molar-refractivity contribution in [2.45, 2.75) is 38.8 Å². The van der Waals surface area contributed by atoms with Crippen LogP contribution >= 0.6 is 23.2 Å². The van der Waals surface area contributed by atoms with Gasteiger partial charge in [-0.3, -0.25) is 13.9 Å². The van der Waals surface area contributed by atoms with Crippen LogP contribution in [0.15, 0.2) is 78.9 Å². The summed E-state index contributed by atoms with van der Waals surface area (Å²) >= 11 is 12.3. The summed E-state index contributed by atoms with van der Waals surface area (Å²) in [5.41, 5.74) is 1.84. The Kier molecular flexibility index (Phi) is 11.2. The third-order valence-electron chi connectivity index (χ3n) is 6.12. The Labute approximate surface area is 240 Å². The molecule has 39 heavy (non-hydrogen) atoms. The molecule has 208 valence electrons. The fraction of sp³-hybridized carbons (Fsp3) is 0.310. The summed E-state index contributed by atoms with van der Waals surface area (Å²) in [7, 11) is -3.86. The summed E-state index contributed by atoms with van der Waals surface area (Å²) in [5, 5.41) is 3.78. The Morgan fingerprint density at radius 3 is 2.15 bits per heavy atom. The van der Waals surface area contributed by atoms with Gasteiger partial charge >= 0.3 is 0 Å². The molecule has 0 aliphatic rings. The highest BCUT2D eigenvalue weighted by Crippen LogP contribution is 2.23. The highest BCUT2D eigenvalue weighted by Gasteiger charge is 2.33. The molecule has 0 spiro atoms. The number of halogens is 2. The maximum absolute atomic E-state index is 14.0. The molecule has 0 aliphatic heterocycles. The Balaban J connectivity index is 2.03. The lowest BCUT2D eigenvalue weighted by Gasteiger charge is -2.33. The molecule has 0 saturated heterocycles. The lowest BCUT2D eigenvalue weighted by Crippen LogP contribution is -2.53. The first-order chi connectivity index (χ1) is 18.6. The van der Waals surface area contributed by atoms with Crippen LogP contribution in [-0.2, 0) is 32.6 Å². The number of rotatable bonds is 13. The molecule has 1 N–H and O–H groups in total. The predicted octanol–water partition coefficient (Wildman–Crippen LogP) is 5.32. The summed E-state index contributed by atoms with van der Waals surface area (Å²) < 4.78 is 26.6. The Hall–Kier alpha value is -3.07. The quantitative estimate of drug-likeness (QED) is 0.273. The van der Waals surface area contributed by atoms with E-state index in [1.165, 1.54) is 11.0 Å². The zero-order valence-corrected chi connectivity index (χ0v) is 24.3. The summed E-state index contributed by atoms with van der Waals surface area (Å²) in [6.07, 6.45) is 2.98. The monoisotopic (exact) mass is 589 g/mol. The zero-order chi connectivity index (χ0) is 28.4. The average molecular weight is 591 g/mol. The largest absolute Gasteiger partial charge is 0.354 e. The van der Waals surface area contributed by atoms with Crippen molar-refractivity contribution in [2.24, 2.45) is 0 Å². The molecular weight excluding hydrogens is 557 g/mol. The molecule has 0 heterocycles. The minimum Gasteiger partial charge on any atom is -0.354 e. The number of hydrogen-bond donors (Lipinski definition) is 1. The van der Waals surface area contributed by atoms with Crippen LogP contribution in [0.2, 0.25) is 10.0 Å². The van der Waals surface area contributed by atoms with Crippen LogP contribution in [0.3, 0.4) is 0 Å². The van der Waals surface area contributed by atoms with Crippen molar-refractivity contribution in [3.05, 3.63) is 100 Å². The molecule has 3 aromatic carbocycles. The molecule has 1 atom stereocenters. The van der Waals surface area contributed by atoms with E-state index < -0.39 is 28.5 Å². The van der Waals surface area contributed by atoms with Gasteiger partial charge in [0.05, 0.1) is 11.9 Å². The molecule has 0 fully saturated rings. The Bertz CT molecular complexity index is 1370. The van der Waals surface area contributed by atoms with Gasteiger partial charge in [-0.05, 0) is 47.9 Å². The summed E-state index contributed by atoms with van der Waals surface area (Å²) in [6.45, 7) is 2.05. The fourth-order valence-corrected chi connectivity index (χ4v) is 5.38. The molecule has 0 aromatic heterocycles. The highest BCUT2D eigenvalue weighted by atomic mass is 35.5. The average Bonchev–Trinajstić information content (AvgIpc) is 2.89. The smallest absolute Gasteiger partial charge is 0.244 e. The third-order valence-corrected chi connectivity index (χ3v) is 7.73. The van der Waals surface area contributed by atoms with E-state index >= 15 is 0 Å². The minimum atomic E-state index is -3.86. The number of benzene rings is 3. The SMILES string of the molecule is CCCCNC(=O)[C@@H](Cc1ccccc1)N(Cc1cccc(Cl)c1)C(=O)CN(c1cccc(Cl)c1)S(C)(=O)=O. The van der Waals surface area contributed by atoms with E-state index in [1.54, 1.807) is 36.4 Å². The first-order valence-corrected chi connectivity index (χ1v) is 15.3. The van der Waals surface area contributed by atoms with Crippen LogP contribution in [0, 0.1) is 0 Å². The molecule has 7 nitrogen and oxygen atoms in total. The molecule has 0 saturated carbocycles. The Morgan fingerprint density at radius 2 is 1.54 bits per heavy atom. The van der Waals surface area contributed by atoms with Crippen LogP contribution < -0.4 is 9.62 Å². The molecule has 0 aliphatic carbocycles. The molecule has 2 amide bonds. The van der Waals surface area contributed by atoms with Gasteiger partial charge in [0.25, 0.3) is 0 Å². The van der Waals surface area contributed by atoms with Crippen molar-refractivity contribution in [2.75, 3.05) is 23.7 Å². The lowest BCUT2D eigenvalue weighted by molar-refractivity contribution is -0.140. The second-order valence-corrected chi connectivity index (χ2v) is 12.0. The van der Waals surface area contributed by atoms with Crippen LogP contribution in [0.25, 0.3) is 0 Å². The number of carbonyl (C=O) groups excluding carboxylic acids is 2. The van der Waals surface area contributed by atoms with E-state index in [9.17, 15) is 18.0 Å². The maximum atomic E-state index is 14.0. The fourth-order valence-electron chi connectivity index (χ4n) is 4.14. The second-order valence-electron chi connectivity index (χ2n) is 9.25. The number of hydrogen-bond acceptors (Lipinski definition) is 4. The molecule has 3 rings (SSSR count). The summed E-state index contributed by atoms with van der Waals surface area (Å²) in [6, 6.07) is 21.8. The van der Waals surface area contributed by atoms with Gasteiger partial charge in [0.15, 0.2) is 0 Å². The standard InChI is InChI=1S/C29H33Cl2N3O4S/c1-3-4-16-32-29(36)27(18-22-10-6-5-7-11-22)33(20-23-12-8-13-24(30)17-23)28(35)21-34(39(2,37)38)26-15-9-14-25(31)19-26/h5-15,17,19,27H,3-4,16,18,20-21H2,1-2H3,(H,32,36)/t27-/m1/s1. The molecular formula is C29H33Cl2N3O4S. The third kappa shape index (κ3) is 9.27. The first-order valence-electron chi connectivity index (χ1n) is 12.7. The lowest BCUT2D eigenvalue weighted by atomic mass is 10.0. The van der Waals surface area contributed by atoms with E-state index in [-0.39, 0.29) is 24.6 Å². The van der Waals surface area contributed by atoms with Crippen LogP contribution in [-0.4, -0.2) is 50.5 Å². The number of sulfonamides is 1. The number of amides is 2. The summed E-state index contributed by atoms with van der Waals surface area (Å²) in [4.78, 5) is 29.0. The van der Waals surface area contributed by atoms with Crippen molar-refractivity contribution < 1.29 is 18.0 Å². The highest BCUT2D eigenvalue weighted by molar-refractivity contribution is 7.92. The van der Waals surface area contributed by atoms with E-state index in [0.29, 0.717) is 22.2 Å². The molecule has 3 aromatic rings. The number of unbranched alkanes of at least 4 members (excludes halogenated alkanes) is 1. The molecule has 10 heteroatoms. The molecule has 0 unspecified atom stereocenters. The van der Waals surface area contributed by atoms with Gasteiger partial charge in [0.1, 0.15) is 12.6 Å². The van der Waals surface area contributed by atoms with Crippen molar-refractivity contribution in [1.82, 2.24) is 10.2 Å². The van der Waals surface area contributed by atoms with E-state index in [4.69, 9.17) is 23.2 Å². The van der Waals surface area contributed by atoms with Gasteiger partial charge in [-0.1, -0.05) is 85.1 Å². The number of anilines is 1. The van der Waals surface area contributed by atoms with Gasteiger partial charge in [-0.25, -0.2) is 8.42 Å². The van der Waals surface area contributed by atoms with Crippen molar-refractivity contribution in [3.63, 3.8) is 0 Å². The van der Waals surface area contributed by atoms with Gasteiger partial charge in [0.2, 0.25) is 21.8 Å². The second kappa shape index (κ2) is 14.4. The van der Waals surface area contributed by atoms with Crippen LogP contribution in [0.1, 0.15) is 30.9 Å². The van der Waals surface area contributed by atoms with Crippen molar-refractivity contribution >= 4 is 50.7 Å². The Morgan fingerprint density at radius 1 is 0.897 bits per heavy atom. The predicted molar refractivity (Wildman–Crippen MR) is 157 cm³/mol. The molecule has 0 radical (unpaired) electrons. The van der Waals surface area contributed by atoms with Gasteiger partial charge in [0, 0.05) is 29.6 Å². The number of carbonyl (C=O) groups is 2. The minimum absolute atomic E-state index is 0.0608. The van der Waals surface area contributed by atoms with Crippen LogP contribution in [0.5, 0.6) is 0 Å². The van der Waals surface area contributed by atoms with Gasteiger partial charge < -0.3 is 10.2 Å².